The molecule has 2 atom stereocenters. The van der Waals surface area contributed by atoms with Gasteiger partial charge in [-0.2, -0.15) is 0 Å². The zero-order valence-electron chi connectivity index (χ0n) is 14.1. The number of thiol groups is 1. The van der Waals surface area contributed by atoms with E-state index in [1.165, 1.54) is 28.3 Å². The Hall–Kier alpha value is -1.16. The molecular formula is C18H28N2OS. The topological polar surface area (TPSA) is 32.3 Å². The van der Waals surface area contributed by atoms with Gasteiger partial charge in [0.2, 0.25) is 0 Å². The summed E-state index contributed by atoms with van der Waals surface area (Å²) in [6.07, 6.45) is 5.51. The largest absolute Gasteiger partial charge is 0.334 e. The predicted molar refractivity (Wildman–Crippen MR) is 96.7 cm³/mol. The van der Waals surface area contributed by atoms with E-state index in [4.69, 9.17) is 0 Å². The lowest BCUT2D eigenvalue weighted by Crippen LogP contribution is -2.43. The van der Waals surface area contributed by atoms with Crippen LogP contribution in [0.5, 0.6) is 0 Å². The van der Waals surface area contributed by atoms with Crippen LogP contribution in [-0.2, 0) is 6.42 Å². The number of urea groups is 1. The Morgan fingerprint density at radius 3 is 2.73 bits per heavy atom. The van der Waals surface area contributed by atoms with Crippen molar-refractivity contribution in [2.45, 2.75) is 65.8 Å². The summed E-state index contributed by atoms with van der Waals surface area (Å²) in [6, 6.07) is 4.42. The first-order chi connectivity index (χ1) is 10.4. The summed E-state index contributed by atoms with van der Waals surface area (Å²) in [5.74, 6) is 0.694. The zero-order valence-corrected chi connectivity index (χ0v) is 15.0. The van der Waals surface area contributed by atoms with Gasteiger partial charge in [0.05, 0.1) is 5.69 Å². The van der Waals surface area contributed by atoms with Crippen LogP contribution >= 0.6 is 12.8 Å². The van der Waals surface area contributed by atoms with Crippen molar-refractivity contribution in [3.8, 4) is 0 Å². The standard InChI is InChI=1S/C18H28N2OS/c1-5-15-10-13(3)9-14(4)17(15)20(22)18(21)19-16-8-6-7-12(2)11-16/h9-10,12,16,22H,5-8,11H2,1-4H3,(H,19,21). The smallest absolute Gasteiger partial charge is 0.332 e. The van der Waals surface area contributed by atoms with Gasteiger partial charge in [0.1, 0.15) is 0 Å². The molecule has 2 rings (SSSR count). The van der Waals surface area contributed by atoms with Crippen molar-refractivity contribution in [1.82, 2.24) is 5.32 Å². The second-order valence-electron chi connectivity index (χ2n) is 6.67. The van der Waals surface area contributed by atoms with Crippen LogP contribution in [0.3, 0.4) is 0 Å². The number of rotatable bonds is 3. The lowest BCUT2D eigenvalue weighted by molar-refractivity contribution is 0.236. The van der Waals surface area contributed by atoms with Gasteiger partial charge in [-0.25, -0.2) is 9.10 Å². The minimum absolute atomic E-state index is 0.107. The fourth-order valence-corrected chi connectivity index (χ4v) is 3.87. The van der Waals surface area contributed by atoms with Crippen molar-refractivity contribution < 1.29 is 4.79 Å². The van der Waals surface area contributed by atoms with E-state index in [-0.39, 0.29) is 12.1 Å². The Balaban J connectivity index is 2.13. The van der Waals surface area contributed by atoms with E-state index in [2.05, 4.69) is 51.0 Å². The molecule has 0 heterocycles. The number of carbonyl (C=O) groups excluding carboxylic acids is 1. The maximum atomic E-state index is 12.6. The molecule has 0 saturated heterocycles. The Bertz CT molecular complexity index is 544. The average molecular weight is 321 g/mol. The molecule has 1 fully saturated rings. The predicted octanol–water partition coefficient (Wildman–Crippen LogP) is 4.81. The summed E-state index contributed by atoms with van der Waals surface area (Å²) < 4.78 is 1.49. The van der Waals surface area contributed by atoms with E-state index in [0.717, 1.165) is 30.5 Å². The molecule has 1 aromatic carbocycles. The molecule has 1 N–H and O–H groups in total. The maximum Gasteiger partial charge on any atom is 0.332 e. The molecule has 1 aliphatic carbocycles. The molecule has 0 bridgehead atoms. The molecule has 22 heavy (non-hydrogen) atoms. The summed E-state index contributed by atoms with van der Waals surface area (Å²) in [6.45, 7) is 8.50. The molecule has 3 nitrogen and oxygen atoms in total. The maximum absolute atomic E-state index is 12.6. The van der Waals surface area contributed by atoms with E-state index < -0.39 is 0 Å². The van der Waals surface area contributed by atoms with Crippen LogP contribution in [0.2, 0.25) is 0 Å². The van der Waals surface area contributed by atoms with Crippen molar-refractivity contribution in [2.75, 3.05) is 4.31 Å². The van der Waals surface area contributed by atoms with E-state index in [0.29, 0.717) is 5.92 Å². The number of amides is 2. The van der Waals surface area contributed by atoms with E-state index >= 15 is 0 Å². The van der Waals surface area contributed by atoms with Crippen LogP contribution < -0.4 is 9.62 Å². The number of carbonyl (C=O) groups is 1. The monoisotopic (exact) mass is 320 g/mol. The third-order valence-electron chi connectivity index (χ3n) is 4.57. The van der Waals surface area contributed by atoms with Crippen molar-refractivity contribution in [2.24, 2.45) is 5.92 Å². The van der Waals surface area contributed by atoms with Crippen LogP contribution in [0.4, 0.5) is 10.5 Å². The summed E-state index contributed by atoms with van der Waals surface area (Å²) >= 11 is 4.49. The third kappa shape index (κ3) is 3.97. The van der Waals surface area contributed by atoms with Gasteiger partial charge in [-0.05, 0) is 50.2 Å². The molecule has 2 amide bonds. The van der Waals surface area contributed by atoms with Crippen molar-refractivity contribution in [3.63, 3.8) is 0 Å². The molecule has 1 aromatic rings. The first-order valence-corrected chi connectivity index (χ1v) is 8.72. The highest BCUT2D eigenvalue weighted by molar-refractivity contribution is 7.82. The lowest BCUT2D eigenvalue weighted by atomic mass is 9.87. The molecule has 2 unspecified atom stereocenters. The minimum Gasteiger partial charge on any atom is -0.334 e. The first kappa shape index (κ1) is 17.2. The molecule has 0 radical (unpaired) electrons. The van der Waals surface area contributed by atoms with E-state index in [1.54, 1.807) is 0 Å². The van der Waals surface area contributed by atoms with Crippen LogP contribution in [0.15, 0.2) is 12.1 Å². The van der Waals surface area contributed by atoms with Gasteiger partial charge in [-0.1, -0.05) is 57.2 Å². The Morgan fingerprint density at radius 2 is 2.09 bits per heavy atom. The third-order valence-corrected chi connectivity index (χ3v) is 4.95. The van der Waals surface area contributed by atoms with Gasteiger partial charge in [0.25, 0.3) is 0 Å². The molecular weight excluding hydrogens is 292 g/mol. The highest BCUT2D eigenvalue weighted by Gasteiger charge is 2.24. The quantitative estimate of drug-likeness (QED) is 0.770. The number of aryl methyl sites for hydroxylation is 3. The zero-order chi connectivity index (χ0) is 16.3. The molecule has 122 valence electrons. The highest BCUT2D eigenvalue weighted by atomic mass is 32.1. The minimum atomic E-state index is -0.107. The second-order valence-corrected chi connectivity index (χ2v) is 7.07. The fourth-order valence-electron chi connectivity index (χ4n) is 3.52. The Morgan fingerprint density at radius 1 is 1.36 bits per heavy atom. The molecule has 1 saturated carbocycles. The summed E-state index contributed by atoms with van der Waals surface area (Å²) in [5.41, 5.74) is 4.41. The number of nitrogens with one attached hydrogen (secondary N) is 1. The van der Waals surface area contributed by atoms with Crippen LogP contribution in [-0.4, -0.2) is 12.1 Å². The van der Waals surface area contributed by atoms with Gasteiger partial charge >= 0.3 is 6.03 Å². The van der Waals surface area contributed by atoms with E-state index in [9.17, 15) is 4.79 Å². The van der Waals surface area contributed by atoms with Gasteiger partial charge in [-0.3, -0.25) is 0 Å². The van der Waals surface area contributed by atoms with Crippen LogP contribution in [0.25, 0.3) is 0 Å². The SMILES string of the molecule is CCc1cc(C)cc(C)c1N(S)C(=O)NC1CCCC(C)C1. The average Bonchev–Trinajstić information content (AvgIpc) is 2.45. The summed E-state index contributed by atoms with van der Waals surface area (Å²) in [4.78, 5) is 12.6. The Labute approximate surface area is 140 Å². The van der Waals surface area contributed by atoms with Crippen molar-refractivity contribution in [3.05, 3.63) is 28.8 Å². The number of hydrogen-bond donors (Lipinski definition) is 2. The van der Waals surface area contributed by atoms with Gasteiger partial charge < -0.3 is 5.32 Å². The fraction of sp³-hybridized carbons (Fsp3) is 0.611. The number of hydrogen-bond acceptors (Lipinski definition) is 2. The normalized spacial score (nSPS) is 21.5. The van der Waals surface area contributed by atoms with Crippen molar-refractivity contribution >= 4 is 24.5 Å². The highest BCUT2D eigenvalue weighted by Crippen LogP contribution is 2.29. The van der Waals surface area contributed by atoms with Crippen LogP contribution in [0.1, 0.15) is 56.2 Å². The molecule has 0 aliphatic heterocycles. The van der Waals surface area contributed by atoms with Gasteiger partial charge in [0, 0.05) is 6.04 Å². The number of benzene rings is 1. The van der Waals surface area contributed by atoms with Gasteiger partial charge in [-0.15, -0.1) is 0 Å². The van der Waals surface area contributed by atoms with E-state index in [1.807, 2.05) is 6.92 Å². The summed E-state index contributed by atoms with van der Waals surface area (Å²) in [5, 5.41) is 3.15. The molecule has 0 aromatic heterocycles. The Kier molecular flexibility index (Phi) is 5.79. The number of anilines is 1. The van der Waals surface area contributed by atoms with Crippen LogP contribution in [0, 0.1) is 19.8 Å². The first-order valence-electron chi connectivity index (χ1n) is 8.32. The molecule has 1 aliphatic rings. The van der Waals surface area contributed by atoms with Crippen molar-refractivity contribution in [1.29, 1.82) is 0 Å². The number of nitrogens with zero attached hydrogens (tertiary/aromatic N) is 1. The lowest BCUT2D eigenvalue weighted by Gasteiger charge is -2.30. The van der Waals surface area contributed by atoms with Gasteiger partial charge in [0.15, 0.2) is 0 Å². The summed E-state index contributed by atoms with van der Waals surface area (Å²) in [7, 11) is 0. The molecule has 4 heteroatoms. The second kappa shape index (κ2) is 7.40. The molecule has 0 spiro atoms.